The van der Waals surface area contributed by atoms with Crippen molar-refractivity contribution in [1.82, 2.24) is 10.3 Å². The molecule has 2 heterocycles. The van der Waals surface area contributed by atoms with Crippen molar-refractivity contribution in [3.63, 3.8) is 0 Å². The second kappa shape index (κ2) is 9.76. The highest BCUT2D eigenvalue weighted by Crippen LogP contribution is 2.27. The van der Waals surface area contributed by atoms with Crippen LogP contribution in [-0.2, 0) is 20.9 Å². The van der Waals surface area contributed by atoms with Crippen molar-refractivity contribution in [2.45, 2.75) is 51.4 Å². The van der Waals surface area contributed by atoms with Crippen LogP contribution in [0.15, 0.2) is 39.7 Å². The zero-order valence-corrected chi connectivity index (χ0v) is 17.9. The molecule has 31 heavy (non-hydrogen) atoms. The minimum absolute atomic E-state index is 0.0361. The first kappa shape index (κ1) is 21.7. The fourth-order valence-corrected chi connectivity index (χ4v) is 4.24. The molecule has 1 saturated carbocycles. The molecule has 2 unspecified atom stereocenters. The summed E-state index contributed by atoms with van der Waals surface area (Å²) in [5.41, 5.74) is 1.44. The number of aromatic nitrogens is 1. The number of thioether (sulfide) groups is 1. The fourth-order valence-electron chi connectivity index (χ4n) is 3.60. The number of halogens is 1. The second-order valence-electron chi connectivity index (χ2n) is 7.50. The fraction of sp³-hybridized carbons (Fsp3) is 0.409. The van der Waals surface area contributed by atoms with Crippen LogP contribution in [0.2, 0.25) is 0 Å². The third-order valence-corrected chi connectivity index (χ3v) is 6.12. The van der Waals surface area contributed by atoms with E-state index in [1.165, 1.54) is 12.1 Å². The standard InChI is InChI=1S/C22H23FN2O5S/c1-13-18(24-21(30-13)14-5-7-15(23)8-6-14)12-29-17-4-2-3-16(11-17)28-10-9-19-20(26)25-22(27)31-19/h5-9,16-17H,2-4,10-12H2,1H3,(H,25,26,27)/b19-9-. The van der Waals surface area contributed by atoms with E-state index in [9.17, 15) is 14.0 Å². The van der Waals surface area contributed by atoms with E-state index in [0.717, 1.165) is 43.1 Å². The first-order chi connectivity index (χ1) is 15.0. The van der Waals surface area contributed by atoms with Crippen LogP contribution in [0, 0.1) is 12.7 Å². The summed E-state index contributed by atoms with van der Waals surface area (Å²) in [7, 11) is 0. The predicted molar refractivity (Wildman–Crippen MR) is 113 cm³/mol. The SMILES string of the molecule is Cc1oc(-c2ccc(F)cc2)nc1COC1CCCC(OC/C=C2\SC(=O)NC2=O)C1. The Kier molecular flexibility index (Phi) is 6.84. The number of carbonyl (C=O) groups is 2. The molecular weight excluding hydrogens is 423 g/mol. The maximum absolute atomic E-state index is 13.1. The first-order valence-electron chi connectivity index (χ1n) is 10.2. The molecule has 2 amide bonds. The monoisotopic (exact) mass is 446 g/mol. The van der Waals surface area contributed by atoms with Gasteiger partial charge in [0, 0.05) is 5.56 Å². The summed E-state index contributed by atoms with van der Waals surface area (Å²) in [6.07, 6.45) is 5.33. The molecule has 0 radical (unpaired) electrons. The van der Waals surface area contributed by atoms with Crippen molar-refractivity contribution >= 4 is 22.9 Å². The van der Waals surface area contributed by atoms with Crippen LogP contribution in [-0.4, -0.2) is 34.9 Å². The van der Waals surface area contributed by atoms with Gasteiger partial charge in [-0.05, 0) is 74.7 Å². The topological polar surface area (TPSA) is 90.7 Å². The van der Waals surface area contributed by atoms with E-state index in [1.807, 2.05) is 6.92 Å². The van der Waals surface area contributed by atoms with Crippen LogP contribution in [0.5, 0.6) is 0 Å². The largest absolute Gasteiger partial charge is 0.441 e. The van der Waals surface area contributed by atoms with Gasteiger partial charge in [0.05, 0.1) is 30.3 Å². The molecule has 1 aromatic carbocycles. The van der Waals surface area contributed by atoms with Crippen LogP contribution >= 0.6 is 11.8 Å². The Hall–Kier alpha value is -2.49. The summed E-state index contributed by atoms with van der Waals surface area (Å²) in [5, 5.41) is 1.87. The summed E-state index contributed by atoms with van der Waals surface area (Å²) in [6.45, 7) is 2.45. The Morgan fingerprint density at radius 2 is 1.97 bits per heavy atom. The van der Waals surface area contributed by atoms with Crippen molar-refractivity contribution in [3.8, 4) is 11.5 Å². The van der Waals surface area contributed by atoms with E-state index in [0.29, 0.717) is 28.7 Å². The minimum atomic E-state index is -0.369. The number of hydrogen-bond donors (Lipinski definition) is 1. The van der Waals surface area contributed by atoms with Crippen LogP contribution in [0.1, 0.15) is 37.1 Å². The summed E-state index contributed by atoms with van der Waals surface area (Å²) in [4.78, 5) is 27.6. The molecule has 2 fully saturated rings. The van der Waals surface area contributed by atoms with Gasteiger partial charge in [-0.1, -0.05) is 0 Å². The second-order valence-corrected chi connectivity index (χ2v) is 8.51. The average molecular weight is 447 g/mol. The molecule has 1 N–H and O–H groups in total. The molecule has 2 aromatic rings. The molecule has 164 valence electrons. The molecule has 1 aliphatic heterocycles. The highest BCUT2D eigenvalue weighted by atomic mass is 32.2. The number of benzene rings is 1. The Morgan fingerprint density at radius 1 is 1.23 bits per heavy atom. The molecule has 2 atom stereocenters. The van der Waals surface area contributed by atoms with Crippen molar-refractivity contribution < 1.29 is 27.9 Å². The van der Waals surface area contributed by atoms with Gasteiger partial charge in [0.15, 0.2) is 0 Å². The third-order valence-electron chi connectivity index (χ3n) is 5.26. The van der Waals surface area contributed by atoms with E-state index in [1.54, 1.807) is 18.2 Å². The molecular formula is C22H23FN2O5S. The van der Waals surface area contributed by atoms with Crippen LogP contribution in [0.3, 0.4) is 0 Å². The van der Waals surface area contributed by atoms with Gasteiger partial charge in [-0.3, -0.25) is 14.9 Å². The van der Waals surface area contributed by atoms with E-state index < -0.39 is 0 Å². The summed E-state index contributed by atoms with van der Waals surface area (Å²) in [5.74, 6) is 0.448. The molecule has 0 bridgehead atoms. The molecule has 0 spiro atoms. The van der Waals surface area contributed by atoms with Gasteiger partial charge in [-0.25, -0.2) is 9.37 Å². The number of nitrogens with zero attached hydrogens (tertiary/aromatic N) is 1. The lowest BCUT2D eigenvalue weighted by atomic mass is 9.95. The summed E-state index contributed by atoms with van der Waals surface area (Å²) >= 11 is 0.891. The molecule has 9 heteroatoms. The quantitative estimate of drug-likeness (QED) is 0.626. The van der Waals surface area contributed by atoms with Crippen molar-refractivity contribution in [1.29, 1.82) is 0 Å². The van der Waals surface area contributed by atoms with Crippen LogP contribution < -0.4 is 5.32 Å². The van der Waals surface area contributed by atoms with E-state index in [-0.39, 0.29) is 35.8 Å². The number of nitrogens with one attached hydrogen (secondary N) is 1. The maximum atomic E-state index is 13.1. The zero-order chi connectivity index (χ0) is 21.8. The van der Waals surface area contributed by atoms with Crippen molar-refractivity contribution in [3.05, 3.63) is 52.5 Å². The van der Waals surface area contributed by atoms with Crippen molar-refractivity contribution in [2.75, 3.05) is 6.61 Å². The predicted octanol–water partition coefficient (Wildman–Crippen LogP) is 4.50. The average Bonchev–Trinajstić information content (AvgIpc) is 3.28. The van der Waals surface area contributed by atoms with E-state index in [4.69, 9.17) is 13.9 Å². The Balaban J connectivity index is 1.27. The van der Waals surface area contributed by atoms with Gasteiger partial charge < -0.3 is 13.9 Å². The summed E-state index contributed by atoms with van der Waals surface area (Å²) in [6, 6.07) is 6.01. The molecule has 2 aliphatic rings. The molecule has 4 rings (SSSR count). The molecule has 7 nitrogen and oxygen atoms in total. The number of rotatable bonds is 7. The molecule has 1 aromatic heterocycles. The Morgan fingerprint density at radius 3 is 2.68 bits per heavy atom. The van der Waals surface area contributed by atoms with Crippen LogP contribution in [0.4, 0.5) is 9.18 Å². The maximum Gasteiger partial charge on any atom is 0.290 e. The molecule has 1 aliphatic carbocycles. The number of ether oxygens (including phenoxy) is 2. The third kappa shape index (κ3) is 5.61. The normalized spacial score (nSPS) is 22.8. The van der Waals surface area contributed by atoms with Gasteiger partial charge in [0.2, 0.25) is 5.89 Å². The number of oxazole rings is 1. The summed E-state index contributed by atoms with van der Waals surface area (Å²) < 4.78 is 30.8. The van der Waals surface area contributed by atoms with Gasteiger partial charge in [-0.2, -0.15) is 0 Å². The number of aryl methyl sites for hydroxylation is 1. The zero-order valence-electron chi connectivity index (χ0n) is 17.1. The van der Waals surface area contributed by atoms with Gasteiger partial charge >= 0.3 is 0 Å². The van der Waals surface area contributed by atoms with Crippen molar-refractivity contribution in [2.24, 2.45) is 0 Å². The number of hydrogen-bond acceptors (Lipinski definition) is 7. The Labute approximate surface area is 183 Å². The minimum Gasteiger partial charge on any atom is -0.441 e. The number of carbonyl (C=O) groups excluding carboxylic acids is 2. The molecule has 1 saturated heterocycles. The highest BCUT2D eigenvalue weighted by molar-refractivity contribution is 8.18. The highest BCUT2D eigenvalue weighted by Gasteiger charge is 2.26. The van der Waals surface area contributed by atoms with E-state index >= 15 is 0 Å². The number of imide groups is 1. The van der Waals surface area contributed by atoms with Crippen LogP contribution in [0.25, 0.3) is 11.5 Å². The van der Waals surface area contributed by atoms with E-state index in [2.05, 4.69) is 10.3 Å². The Bertz CT molecular complexity index is 988. The lowest BCUT2D eigenvalue weighted by molar-refractivity contribution is -0.115. The first-order valence-corrected chi connectivity index (χ1v) is 11.0. The lowest BCUT2D eigenvalue weighted by Gasteiger charge is -2.28. The van der Waals surface area contributed by atoms with Gasteiger partial charge in [-0.15, -0.1) is 0 Å². The van der Waals surface area contributed by atoms with Gasteiger partial charge in [0.25, 0.3) is 11.1 Å². The smallest absolute Gasteiger partial charge is 0.290 e. The number of amides is 2. The lowest BCUT2D eigenvalue weighted by Crippen LogP contribution is -2.28. The van der Waals surface area contributed by atoms with Gasteiger partial charge in [0.1, 0.15) is 17.3 Å².